The Hall–Kier alpha value is -1.59. The largest absolute Gasteiger partial charge is 1.00 e. The minimum Gasteiger partial charge on any atom is -1.00 e. The van der Waals surface area contributed by atoms with Crippen molar-refractivity contribution in [1.29, 1.82) is 0 Å². The zero-order valence-corrected chi connectivity index (χ0v) is 20.7. The standard InChI is InChI=1S/C19H27N5O4S.Na.H/c1-4-15-9-14(2)10-16(11-15)21-19(25)22-29(26,27)24(17-5-7-28-8-6-17)18-12-20-23(3)13-18;;/h9-13,17H,4-8H2,1-3H3,(H2,21,22,25);;/q;+1;-1. The second-order valence-electron chi connectivity index (χ2n) is 7.13. The molecule has 0 spiro atoms. The Bertz CT molecular complexity index is 979. The van der Waals surface area contributed by atoms with Gasteiger partial charge in [-0.2, -0.15) is 13.5 Å². The predicted molar refractivity (Wildman–Crippen MR) is 112 cm³/mol. The number of hydrogen-bond acceptors (Lipinski definition) is 5. The Morgan fingerprint density at radius 2 is 2.03 bits per heavy atom. The molecule has 11 heteroatoms. The molecule has 30 heavy (non-hydrogen) atoms. The molecule has 0 aliphatic carbocycles. The van der Waals surface area contributed by atoms with Crippen LogP contribution in [0.15, 0.2) is 30.6 Å². The number of rotatable bonds is 6. The number of amides is 2. The van der Waals surface area contributed by atoms with Gasteiger partial charge in [0.25, 0.3) is 0 Å². The summed E-state index contributed by atoms with van der Waals surface area (Å²) in [5.41, 5.74) is 3.00. The number of aryl methyl sites for hydroxylation is 3. The molecule has 1 aromatic carbocycles. The van der Waals surface area contributed by atoms with Crippen molar-refractivity contribution in [3.05, 3.63) is 41.7 Å². The summed E-state index contributed by atoms with van der Waals surface area (Å²) in [6, 6.07) is 4.52. The van der Waals surface area contributed by atoms with Crippen molar-refractivity contribution >= 4 is 27.6 Å². The summed E-state index contributed by atoms with van der Waals surface area (Å²) in [5.74, 6) is 0. The number of ether oxygens (including phenoxy) is 1. The Balaban J connectivity index is 0.00000240. The number of hydrogen-bond donors (Lipinski definition) is 2. The van der Waals surface area contributed by atoms with Crippen molar-refractivity contribution in [2.45, 2.75) is 39.2 Å². The van der Waals surface area contributed by atoms with E-state index in [4.69, 9.17) is 4.74 Å². The van der Waals surface area contributed by atoms with E-state index in [1.807, 2.05) is 26.0 Å². The molecular weight excluding hydrogens is 417 g/mol. The van der Waals surface area contributed by atoms with Gasteiger partial charge in [-0.3, -0.25) is 4.68 Å². The monoisotopic (exact) mass is 445 g/mol. The minimum atomic E-state index is -4.14. The first kappa shape index (κ1) is 24.7. The van der Waals surface area contributed by atoms with Crippen molar-refractivity contribution in [2.75, 3.05) is 22.8 Å². The summed E-state index contributed by atoms with van der Waals surface area (Å²) in [5, 5.41) is 6.70. The average Bonchev–Trinajstić information content (AvgIpc) is 3.06. The first-order valence-corrected chi connectivity index (χ1v) is 11.0. The third kappa shape index (κ3) is 6.21. The summed E-state index contributed by atoms with van der Waals surface area (Å²) in [6.07, 6.45) is 4.97. The van der Waals surface area contributed by atoms with Gasteiger partial charge in [0, 0.05) is 32.1 Å². The maximum absolute atomic E-state index is 13.1. The molecule has 0 unspecified atom stereocenters. The fourth-order valence-electron chi connectivity index (χ4n) is 3.45. The number of carbonyl (C=O) groups excluding carboxylic acids is 1. The fourth-order valence-corrected chi connectivity index (χ4v) is 4.81. The van der Waals surface area contributed by atoms with Crippen LogP contribution in [-0.2, 0) is 28.4 Å². The number of nitrogens with one attached hydrogen (secondary N) is 2. The molecule has 1 fully saturated rings. The summed E-state index contributed by atoms with van der Waals surface area (Å²) in [4.78, 5) is 12.5. The van der Waals surface area contributed by atoms with Crippen LogP contribution in [0.2, 0.25) is 0 Å². The van der Waals surface area contributed by atoms with E-state index in [9.17, 15) is 13.2 Å². The van der Waals surface area contributed by atoms with Crippen LogP contribution in [-0.4, -0.2) is 43.5 Å². The number of anilines is 2. The number of urea groups is 1. The maximum atomic E-state index is 13.1. The number of benzene rings is 1. The van der Waals surface area contributed by atoms with Gasteiger partial charge in [0.1, 0.15) is 0 Å². The number of carbonyl (C=O) groups is 1. The molecule has 1 aromatic heterocycles. The second kappa shape index (κ2) is 10.6. The van der Waals surface area contributed by atoms with Gasteiger partial charge in [0.15, 0.2) is 0 Å². The quantitative estimate of drug-likeness (QED) is 0.581. The van der Waals surface area contributed by atoms with E-state index in [0.717, 1.165) is 17.5 Å². The molecule has 1 aliphatic rings. The summed E-state index contributed by atoms with van der Waals surface area (Å²) in [6.45, 7) is 4.87. The van der Waals surface area contributed by atoms with Crippen molar-refractivity contribution in [3.8, 4) is 0 Å². The Labute approximate surface area is 201 Å². The summed E-state index contributed by atoms with van der Waals surface area (Å²) in [7, 11) is -2.43. The minimum absolute atomic E-state index is 0. The molecule has 0 atom stereocenters. The molecule has 1 saturated heterocycles. The van der Waals surface area contributed by atoms with Crippen LogP contribution >= 0.6 is 0 Å². The van der Waals surface area contributed by atoms with Crippen LogP contribution < -0.4 is 43.9 Å². The average molecular weight is 446 g/mol. The molecular formula is C19H28N5NaO4S. The van der Waals surface area contributed by atoms with Crippen molar-refractivity contribution in [2.24, 2.45) is 7.05 Å². The SMILES string of the molecule is CCc1cc(C)cc(NC(=O)NS(=O)(=O)N(c2cnn(C)c2)C2CCOCC2)c1.[H-].[Na+]. The fraction of sp³-hybridized carbons (Fsp3) is 0.474. The van der Waals surface area contributed by atoms with Gasteiger partial charge in [0.2, 0.25) is 0 Å². The van der Waals surface area contributed by atoms with E-state index in [1.165, 1.54) is 15.2 Å². The smallest absolute Gasteiger partial charge is 1.00 e. The summed E-state index contributed by atoms with van der Waals surface area (Å²) >= 11 is 0. The van der Waals surface area contributed by atoms with Crippen LogP contribution in [0, 0.1) is 6.92 Å². The van der Waals surface area contributed by atoms with Gasteiger partial charge < -0.3 is 11.5 Å². The van der Waals surface area contributed by atoms with Gasteiger partial charge in [0.05, 0.1) is 17.9 Å². The summed E-state index contributed by atoms with van der Waals surface area (Å²) < 4.78 is 36.5. The van der Waals surface area contributed by atoms with Crippen LogP contribution in [0.1, 0.15) is 32.3 Å². The van der Waals surface area contributed by atoms with Crippen LogP contribution in [0.3, 0.4) is 0 Å². The van der Waals surface area contributed by atoms with Gasteiger partial charge in [-0.05, 0) is 49.4 Å². The molecule has 0 bridgehead atoms. The maximum Gasteiger partial charge on any atom is 1.00 e. The zero-order chi connectivity index (χ0) is 21.0. The Kier molecular flexibility index (Phi) is 8.74. The third-order valence-corrected chi connectivity index (χ3v) is 6.22. The zero-order valence-electron chi connectivity index (χ0n) is 18.9. The molecule has 2 aromatic rings. The first-order chi connectivity index (χ1) is 13.8. The van der Waals surface area contributed by atoms with E-state index in [0.29, 0.717) is 37.4 Å². The molecule has 160 valence electrons. The predicted octanol–water partition coefficient (Wildman–Crippen LogP) is -0.541. The molecule has 1 aliphatic heterocycles. The molecule has 3 rings (SSSR count). The van der Waals surface area contributed by atoms with Crippen molar-refractivity contribution in [1.82, 2.24) is 14.5 Å². The molecule has 0 saturated carbocycles. The molecule has 9 nitrogen and oxygen atoms in total. The van der Waals surface area contributed by atoms with Gasteiger partial charge in [-0.25, -0.2) is 13.8 Å². The molecule has 2 N–H and O–H groups in total. The topological polar surface area (TPSA) is 106 Å². The second-order valence-corrected chi connectivity index (χ2v) is 8.68. The van der Waals surface area contributed by atoms with E-state index >= 15 is 0 Å². The van der Waals surface area contributed by atoms with Crippen molar-refractivity contribution < 1.29 is 48.9 Å². The molecule has 2 amide bonds. The molecule has 0 radical (unpaired) electrons. The third-order valence-electron chi connectivity index (χ3n) is 4.75. The van der Waals surface area contributed by atoms with Gasteiger partial charge >= 0.3 is 45.8 Å². The van der Waals surface area contributed by atoms with Crippen molar-refractivity contribution in [3.63, 3.8) is 0 Å². The van der Waals surface area contributed by atoms with Crippen LogP contribution in [0.25, 0.3) is 0 Å². The van der Waals surface area contributed by atoms with Crippen LogP contribution in [0.4, 0.5) is 16.2 Å². The van der Waals surface area contributed by atoms with Gasteiger partial charge in [-0.15, -0.1) is 0 Å². The van der Waals surface area contributed by atoms with E-state index in [-0.39, 0.29) is 37.0 Å². The molecule has 2 heterocycles. The van der Waals surface area contributed by atoms with Crippen LogP contribution in [0.5, 0.6) is 0 Å². The van der Waals surface area contributed by atoms with Gasteiger partial charge in [-0.1, -0.05) is 13.0 Å². The Morgan fingerprint density at radius 3 is 2.63 bits per heavy atom. The Morgan fingerprint density at radius 1 is 1.33 bits per heavy atom. The number of aromatic nitrogens is 2. The van der Waals surface area contributed by atoms with E-state index < -0.39 is 16.2 Å². The number of nitrogens with zero attached hydrogens (tertiary/aromatic N) is 3. The first-order valence-electron chi connectivity index (χ1n) is 9.58. The van der Waals surface area contributed by atoms with E-state index in [1.54, 1.807) is 19.3 Å². The van der Waals surface area contributed by atoms with E-state index in [2.05, 4.69) is 15.1 Å². The normalized spacial score (nSPS) is 14.6.